The first-order chi connectivity index (χ1) is 16.6. The second-order valence-electron chi connectivity index (χ2n) is 7.38. The predicted molar refractivity (Wildman–Crippen MR) is 128 cm³/mol. The van der Waals surface area contributed by atoms with E-state index in [1.807, 2.05) is 6.07 Å². The first-order valence-corrected chi connectivity index (χ1v) is 12.4. The summed E-state index contributed by atoms with van der Waals surface area (Å²) in [6, 6.07) is 14.4. The Labute approximate surface area is 204 Å². The first-order valence-electron chi connectivity index (χ1n) is 10.1. The van der Waals surface area contributed by atoms with Crippen molar-refractivity contribution in [3.05, 3.63) is 75.3 Å². The smallest absolute Gasteiger partial charge is 0.269 e. The van der Waals surface area contributed by atoms with Crippen molar-refractivity contribution in [2.75, 3.05) is 5.32 Å². The van der Waals surface area contributed by atoms with Crippen LogP contribution in [0.3, 0.4) is 0 Å². The number of nitrogens with zero attached hydrogens (tertiary/aromatic N) is 4. The number of amides is 1. The van der Waals surface area contributed by atoms with Crippen LogP contribution in [0.1, 0.15) is 25.0 Å². The van der Waals surface area contributed by atoms with Gasteiger partial charge in [-0.1, -0.05) is 12.1 Å². The summed E-state index contributed by atoms with van der Waals surface area (Å²) in [6.45, 7) is 3.20. The van der Waals surface area contributed by atoms with E-state index >= 15 is 0 Å². The lowest BCUT2D eigenvalue weighted by atomic mass is 10.1. The Morgan fingerprint density at radius 2 is 1.89 bits per heavy atom. The third-order valence-electron chi connectivity index (χ3n) is 4.61. The van der Waals surface area contributed by atoms with Gasteiger partial charge in [0.15, 0.2) is 0 Å². The fourth-order valence-corrected chi connectivity index (χ4v) is 4.30. The fourth-order valence-electron chi connectivity index (χ4n) is 2.61. The Hall–Kier alpha value is -4.15. The van der Waals surface area contributed by atoms with Crippen molar-refractivity contribution < 1.29 is 22.9 Å². The van der Waals surface area contributed by atoms with E-state index < -0.39 is 25.9 Å². The number of nitrogens with one attached hydrogen (secondary N) is 1. The standard InChI is InChI=1S/C22H19N5O6S2/c1-14(2)35(31,32)22-25-21(34-26-22)24-20(28)17(12-23)11-15-5-9-19(10-6-15)33-13-16-3-7-18(8-4-16)27(29)30/h3-11,14H,13H2,1-2H3,(H,24,25,26,28). The topological polar surface area (TPSA) is 165 Å². The van der Waals surface area contributed by atoms with Gasteiger partial charge in [-0.3, -0.25) is 20.2 Å². The van der Waals surface area contributed by atoms with Crippen LogP contribution in [0.25, 0.3) is 6.08 Å². The van der Waals surface area contributed by atoms with E-state index in [0.29, 0.717) is 22.8 Å². The summed E-state index contributed by atoms with van der Waals surface area (Å²) < 4.78 is 33.7. The molecule has 11 nitrogen and oxygen atoms in total. The van der Waals surface area contributed by atoms with Gasteiger partial charge >= 0.3 is 0 Å². The van der Waals surface area contributed by atoms with Gasteiger partial charge in [0.25, 0.3) is 16.8 Å². The number of non-ortho nitro benzene ring substituents is 1. The van der Waals surface area contributed by atoms with Gasteiger partial charge in [0.1, 0.15) is 24.0 Å². The fraction of sp³-hybridized carbons (Fsp3) is 0.182. The molecule has 35 heavy (non-hydrogen) atoms. The van der Waals surface area contributed by atoms with Gasteiger partial charge in [-0.25, -0.2) is 8.42 Å². The molecule has 2 aromatic carbocycles. The molecule has 0 radical (unpaired) electrons. The van der Waals surface area contributed by atoms with Crippen molar-refractivity contribution in [2.45, 2.75) is 30.9 Å². The van der Waals surface area contributed by atoms with Crippen LogP contribution >= 0.6 is 11.5 Å². The Morgan fingerprint density at radius 1 is 1.23 bits per heavy atom. The van der Waals surface area contributed by atoms with E-state index in [1.165, 1.54) is 32.1 Å². The minimum absolute atomic E-state index is 0.00521. The summed E-state index contributed by atoms with van der Waals surface area (Å²) in [6.07, 6.45) is 1.36. The van der Waals surface area contributed by atoms with E-state index in [4.69, 9.17) is 4.74 Å². The van der Waals surface area contributed by atoms with Crippen molar-refractivity contribution in [3.63, 3.8) is 0 Å². The molecule has 1 heterocycles. The molecule has 0 saturated heterocycles. The number of sulfone groups is 1. The van der Waals surface area contributed by atoms with Crippen molar-refractivity contribution in [1.82, 2.24) is 9.36 Å². The molecule has 3 rings (SSSR count). The van der Waals surface area contributed by atoms with Crippen LogP contribution in [0.15, 0.2) is 59.3 Å². The number of hydrogen-bond donors (Lipinski definition) is 1. The number of carbonyl (C=O) groups is 1. The third kappa shape index (κ3) is 6.46. The molecule has 0 unspecified atom stereocenters. The van der Waals surface area contributed by atoms with Gasteiger partial charge < -0.3 is 4.74 Å². The highest BCUT2D eigenvalue weighted by Crippen LogP contribution is 2.21. The van der Waals surface area contributed by atoms with Gasteiger partial charge in [-0.15, -0.1) is 0 Å². The zero-order valence-electron chi connectivity index (χ0n) is 18.5. The second kappa shape index (κ2) is 10.9. The Kier molecular flexibility index (Phi) is 7.90. The van der Waals surface area contributed by atoms with Crippen LogP contribution in [0, 0.1) is 21.4 Å². The number of hydrogen-bond acceptors (Lipinski definition) is 10. The Balaban J connectivity index is 1.63. The largest absolute Gasteiger partial charge is 0.489 e. The average Bonchev–Trinajstić information content (AvgIpc) is 3.31. The number of nitriles is 1. The number of aromatic nitrogens is 2. The van der Waals surface area contributed by atoms with Crippen molar-refractivity contribution in [3.8, 4) is 11.8 Å². The Morgan fingerprint density at radius 3 is 2.46 bits per heavy atom. The summed E-state index contributed by atoms with van der Waals surface area (Å²) in [5, 5.41) is 21.4. The molecule has 0 spiro atoms. The predicted octanol–water partition coefficient (Wildman–Crippen LogP) is 3.75. The lowest BCUT2D eigenvalue weighted by molar-refractivity contribution is -0.384. The highest BCUT2D eigenvalue weighted by molar-refractivity contribution is 7.91. The molecule has 1 N–H and O–H groups in total. The number of nitro groups is 1. The average molecular weight is 514 g/mol. The number of benzene rings is 2. The zero-order valence-corrected chi connectivity index (χ0v) is 20.2. The second-order valence-corrected chi connectivity index (χ2v) is 10.5. The SMILES string of the molecule is CC(C)S(=O)(=O)c1nsc(NC(=O)C(C#N)=Cc2ccc(OCc3ccc([N+](=O)[O-])cc3)cc2)n1. The lowest BCUT2D eigenvalue weighted by Gasteiger charge is -2.07. The first kappa shape index (κ1) is 25.5. The Bertz CT molecular complexity index is 1410. The van der Waals surface area contributed by atoms with Crippen LogP contribution in [0.2, 0.25) is 0 Å². The molecule has 1 aromatic heterocycles. The molecule has 0 atom stereocenters. The van der Waals surface area contributed by atoms with E-state index in [-0.39, 0.29) is 28.2 Å². The van der Waals surface area contributed by atoms with Crippen molar-refractivity contribution in [1.29, 1.82) is 5.26 Å². The minimum atomic E-state index is -3.68. The minimum Gasteiger partial charge on any atom is -0.489 e. The molecular weight excluding hydrogens is 494 g/mol. The number of anilines is 1. The maximum atomic E-state index is 12.5. The van der Waals surface area contributed by atoms with Crippen molar-refractivity contribution in [2.24, 2.45) is 0 Å². The van der Waals surface area contributed by atoms with Gasteiger partial charge in [-0.05, 0) is 55.3 Å². The molecule has 0 aliphatic carbocycles. The molecular formula is C22H19N5O6S2. The maximum Gasteiger partial charge on any atom is 0.269 e. The summed E-state index contributed by atoms with van der Waals surface area (Å²) in [4.78, 5) is 26.5. The van der Waals surface area contributed by atoms with Gasteiger partial charge in [0.05, 0.1) is 10.2 Å². The quantitative estimate of drug-likeness (QED) is 0.194. The number of rotatable bonds is 9. The number of ether oxygens (including phenoxy) is 1. The molecule has 3 aromatic rings. The molecule has 0 saturated carbocycles. The van der Waals surface area contributed by atoms with E-state index in [9.17, 15) is 28.6 Å². The molecule has 0 bridgehead atoms. The van der Waals surface area contributed by atoms with E-state index in [0.717, 1.165) is 5.56 Å². The van der Waals surface area contributed by atoms with Crippen LogP contribution in [-0.2, 0) is 21.2 Å². The van der Waals surface area contributed by atoms with Crippen LogP contribution < -0.4 is 10.1 Å². The van der Waals surface area contributed by atoms with E-state index in [2.05, 4.69) is 14.7 Å². The molecule has 0 aliphatic rings. The molecule has 0 aliphatic heterocycles. The highest BCUT2D eigenvalue weighted by Gasteiger charge is 2.25. The lowest BCUT2D eigenvalue weighted by Crippen LogP contribution is -2.16. The summed E-state index contributed by atoms with van der Waals surface area (Å²) >= 11 is 0.705. The maximum absolute atomic E-state index is 12.5. The van der Waals surface area contributed by atoms with Gasteiger partial charge in [0, 0.05) is 23.7 Å². The number of nitro benzene ring substituents is 1. The van der Waals surface area contributed by atoms with Crippen LogP contribution in [0.4, 0.5) is 10.8 Å². The van der Waals surface area contributed by atoms with E-state index in [1.54, 1.807) is 36.4 Å². The zero-order chi connectivity index (χ0) is 25.6. The molecule has 180 valence electrons. The molecule has 0 fully saturated rings. The van der Waals surface area contributed by atoms with Crippen LogP contribution in [-0.4, -0.2) is 33.9 Å². The monoisotopic (exact) mass is 513 g/mol. The highest BCUT2D eigenvalue weighted by atomic mass is 32.2. The van der Waals surface area contributed by atoms with Crippen molar-refractivity contribution >= 4 is 44.2 Å². The van der Waals surface area contributed by atoms with Crippen LogP contribution in [0.5, 0.6) is 5.75 Å². The third-order valence-corrected chi connectivity index (χ3v) is 7.29. The molecule has 13 heteroatoms. The molecule has 1 amide bonds. The van der Waals surface area contributed by atoms with Gasteiger partial charge in [-0.2, -0.15) is 14.6 Å². The summed E-state index contributed by atoms with van der Waals surface area (Å²) in [5.74, 6) is -0.230. The van der Waals surface area contributed by atoms with Gasteiger partial charge in [0.2, 0.25) is 15.0 Å². The number of carbonyl (C=O) groups excluding carboxylic acids is 1. The summed E-state index contributed by atoms with van der Waals surface area (Å²) in [7, 11) is -3.68. The summed E-state index contributed by atoms with van der Waals surface area (Å²) in [5.41, 5.74) is 1.09. The normalized spacial score (nSPS) is 11.7.